The third-order valence-electron chi connectivity index (χ3n) is 4.62. The second kappa shape index (κ2) is 7.01. The standard InChI is InChI=1S/C17H22N4O2S/c22-15(18-12-8-9-12)11-24-17-20-19-16(14-7-4-10-23-14)21(17)13-5-2-1-3-6-13/h4,7,10,12-13H,1-3,5-6,8-9,11H2,(H,18,22). The van der Waals surface area contributed by atoms with Gasteiger partial charge in [-0.15, -0.1) is 10.2 Å². The van der Waals surface area contributed by atoms with Crippen LogP contribution in [0.5, 0.6) is 0 Å². The fourth-order valence-electron chi connectivity index (χ4n) is 3.24. The Balaban J connectivity index is 1.54. The van der Waals surface area contributed by atoms with E-state index in [1.807, 2.05) is 12.1 Å². The van der Waals surface area contributed by atoms with Gasteiger partial charge in [-0.3, -0.25) is 9.36 Å². The van der Waals surface area contributed by atoms with Crippen LogP contribution in [0.3, 0.4) is 0 Å². The Kier molecular flexibility index (Phi) is 4.60. The molecular formula is C17H22N4O2S. The lowest BCUT2D eigenvalue weighted by Crippen LogP contribution is -2.27. The van der Waals surface area contributed by atoms with Gasteiger partial charge in [-0.05, 0) is 37.8 Å². The van der Waals surface area contributed by atoms with E-state index in [1.54, 1.807) is 6.26 Å². The number of nitrogens with one attached hydrogen (secondary N) is 1. The molecule has 1 N–H and O–H groups in total. The second-order valence-electron chi connectivity index (χ2n) is 6.58. The molecule has 6 nitrogen and oxygen atoms in total. The summed E-state index contributed by atoms with van der Waals surface area (Å²) in [7, 11) is 0. The maximum atomic E-state index is 12.0. The number of carbonyl (C=O) groups is 1. The lowest BCUT2D eigenvalue weighted by atomic mass is 9.95. The van der Waals surface area contributed by atoms with Crippen LogP contribution < -0.4 is 5.32 Å². The molecule has 7 heteroatoms. The van der Waals surface area contributed by atoms with Gasteiger partial charge in [-0.1, -0.05) is 31.0 Å². The van der Waals surface area contributed by atoms with Gasteiger partial charge >= 0.3 is 0 Å². The lowest BCUT2D eigenvalue weighted by Gasteiger charge is -2.25. The van der Waals surface area contributed by atoms with E-state index in [1.165, 1.54) is 31.0 Å². The minimum absolute atomic E-state index is 0.0836. The van der Waals surface area contributed by atoms with Crippen molar-refractivity contribution in [3.05, 3.63) is 18.4 Å². The molecule has 0 bridgehead atoms. The van der Waals surface area contributed by atoms with Crippen molar-refractivity contribution in [2.45, 2.75) is 62.2 Å². The van der Waals surface area contributed by atoms with Gasteiger partial charge in [-0.25, -0.2) is 0 Å². The first kappa shape index (κ1) is 15.7. The molecule has 24 heavy (non-hydrogen) atoms. The van der Waals surface area contributed by atoms with Gasteiger partial charge in [0.1, 0.15) is 0 Å². The number of aromatic nitrogens is 3. The molecule has 2 aromatic rings. The van der Waals surface area contributed by atoms with Gasteiger partial charge in [0.25, 0.3) is 0 Å². The minimum Gasteiger partial charge on any atom is -0.461 e. The van der Waals surface area contributed by atoms with E-state index in [0.29, 0.717) is 17.8 Å². The number of amides is 1. The van der Waals surface area contributed by atoms with Crippen LogP contribution in [-0.2, 0) is 4.79 Å². The molecule has 128 valence electrons. The van der Waals surface area contributed by atoms with Crippen LogP contribution in [0.1, 0.15) is 51.0 Å². The smallest absolute Gasteiger partial charge is 0.230 e. The largest absolute Gasteiger partial charge is 0.461 e. The molecule has 0 saturated heterocycles. The zero-order valence-corrected chi connectivity index (χ0v) is 14.4. The van der Waals surface area contributed by atoms with Gasteiger partial charge < -0.3 is 9.73 Å². The van der Waals surface area contributed by atoms with Gasteiger partial charge in [0.05, 0.1) is 12.0 Å². The molecule has 0 atom stereocenters. The van der Waals surface area contributed by atoms with Crippen molar-refractivity contribution in [2.75, 3.05) is 5.75 Å². The molecule has 2 aliphatic rings. The van der Waals surface area contributed by atoms with Crippen LogP contribution in [0.2, 0.25) is 0 Å². The average Bonchev–Trinajstić information content (AvgIpc) is 3.11. The van der Waals surface area contributed by atoms with Crippen molar-refractivity contribution in [3.8, 4) is 11.6 Å². The van der Waals surface area contributed by atoms with Crippen molar-refractivity contribution in [1.29, 1.82) is 0 Å². The topological polar surface area (TPSA) is 73.0 Å². The minimum atomic E-state index is 0.0836. The first-order chi connectivity index (χ1) is 11.8. The third kappa shape index (κ3) is 3.50. The molecule has 0 aliphatic heterocycles. The fourth-order valence-corrected chi connectivity index (χ4v) is 4.06. The highest BCUT2D eigenvalue weighted by Gasteiger charge is 2.26. The molecule has 0 unspecified atom stereocenters. The number of hydrogen-bond acceptors (Lipinski definition) is 5. The van der Waals surface area contributed by atoms with Crippen LogP contribution in [0.25, 0.3) is 11.6 Å². The van der Waals surface area contributed by atoms with E-state index in [2.05, 4.69) is 20.1 Å². The highest BCUT2D eigenvalue weighted by molar-refractivity contribution is 7.99. The number of thioether (sulfide) groups is 1. The van der Waals surface area contributed by atoms with Gasteiger partial charge in [-0.2, -0.15) is 0 Å². The van der Waals surface area contributed by atoms with Crippen LogP contribution in [0.15, 0.2) is 28.0 Å². The molecule has 2 heterocycles. The molecule has 0 radical (unpaired) electrons. The van der Waals surface area contributed by atoms with Crippen molar-refractivity contribution >= 4 is 17.7 Å². The molecular weight excluding hydrogens is 324 g/mol. The molecule has 2 aliphatic carbocycles. The second-order valence-corrected chi connectivity index (χ2v) is 7.52. The zero-order valence-electron chi connectivity index (χ0n) is 13.6. The number of rotatable bonds is 6. The van der Waals surface area contributed by atoms with E-state index in [-0.39, 0.29) is 5.91 Å². The van der Waals surface area contributed by atoms with Crippen molar-refractivity contribution in [3.63, 3.8) is 0 Å². The summed E-state index contributed by atoms with van der Waals surface area (Å²) in [6.45, 7) is 0. The average molecular weight is 346 g/mol. The highest BCUT2D eigenvalue weighted by Crippen LogP contribution is 2.35. The maximum absolute atomic E-state index is 12.0. The SMILES string of the molecule is O=C(CSc1nnc(-c2ccco2)n1C1CCCCC1)NC1CC1. The summed E-state index contributed by atoms with van der Waals surface area (Å²) in [6, 6.07) is 4.57. The molecule has 2 saturated carbocycles. The number of hydrogen-bond donors (Lipinski definition) is 1. The Morgan fingerprint density at radius 2 is 2.08 bits per heavy atom. The van der Waals surface area contributed by atoms with Crippen molar-refractivity contribution < 1.29 is 9.21 Å². The molecule has 2 fully saturated rings. The fraction of sp³-hybridized carbons (Fsp3) is 0.588. The lowest BCUT2D eigenvalue weighted by molar-refractivity contribution is -0.118. The molecule has 0 aromatic carbocycles. The first-order valence-electron chi connectivity index (χ1n) is 8.72. The summed E-state index contributed by atoms with van der Waals surface area (Å²) in [5.74, 6) is 1.99. The van der Waals surface area contributed by atoms with E-state index in [4.69, 9.17) is 4.42 Å². The summed E-state index contributed by atoms with van der Waals surface area (Å²) in [5, 5.41) is 12.5. The quantitative estimate of drug-likeness (QED) is 0.812. The van der Waals surface area contributed by atoms with Crippen LogP contribution in [-0.4, -0.2) is 32.5 Å². The first-order valence-corrected chi connectivity index (χ1v) is 9.71. The van der Waals surface area contributed by atoms with Crippen LogP contribution >= 0.6 is 11.8 Å². The van der Waals surface area contributed by atoms with E-state index < -0.39 is 0 Å². The third-order valence-corrected chi connectivity index (χ3v) is 5.56. The number of furan rings is 1. The number of nitrogens with zero attached hydrogens (tertiary/aromatic N) is 3. The predicted octanol–water partition coefficient (Wildman–Crippen LogP) is 3.41. The molecule has 4 rings (SSSR count). The van der Waals surface area contributed by atoms with E-state index in [0.717, 1.165) is 42.4 Å². The van der Waals surface area contributed by atoms with Crippen LogP contribution in [0.4, 0.5) is 0 Å². The predicted molar refractivity (Wildman–Crippen MR) is 91.7 cm³/mol. The Morgan fingerprint density at radius 1 is 1.25 bits per heavy atom. The van der Waals surface area contributed by atoms with Gasteiger partial charge in [0.2, 0.25) is 11.7 Å². The number of carbonyl (C=O) groups excluding carboxylic acids is 1. The van der Waals surface area contributed by atoms with Gasteiger partial charge in [0.15, 0.2) is 10.9 Å². The van der Waals surface area contributed by atoms with E-state index in [9.17, 15) is 4.79 Å². The van der Waals surface area contributed by atoms with Gasteiger partial charge in [0, 0.05) is 12.1 Å². The van der Waals surface area contributed by atoms with Crippen molar-refractivity contribution in [1.82, 2.24) is 20.1 Å². The molecule has 1 amide bonds. The Labute approximate surface area is 145 Å². The van der Waals surface area contributed by atoms with E-state index >= 15 is 0 Å². The Morgan fingerprint density at radius 3 is 2.79 bits per heavy atom. The molecule has 2 aromatic heterocycles. The summed E-state index contributed by atoms with van der Waals surface area (Å²) in [6.07, 6.45) is 9.89. The highest BCUT2D eigenvalue weighted by atomic mass is 32.2. The summed E-state index contributed by atoms with van der Waals surface area (Å²) in [5.41, 5.74) is 0. The zero-order chi connectivity index (χ0) is 16.4. The van der Waals surface area contributed by atoms with Crippen LogP contribution in [0, 0.1) is 0 Å². The Bertz CT molecular complexity index is 688. The maximum Gasteiger partial charge on any atom is 0.230 e. The Hall–Kier alpha value is -1.76. The van der Waals surface area contributed by atoms with Crippen molar-refractivity contribution in [2.24, 2.45) is 0 Å². The summed E-state index contributed by atoms with van der Waals surface area (Å²) < 4.78 is 7.73. The normalized spacial score (nSPS) is 18.7. The summed E-state index contributed by atoms with van der Waals surface area (Å²) >= 11 is 1.47. The molecule has 0 spiro atoms. The monoisotopic (exact) mass is 346 g/mol. The summed E-state index contributed by atoms with van der Waals surface area (Å²) in [4.78, 5) is 12.0.